The number of thiocarbonyl (C=S) groups is 1. The monoisotopic (exact) mass is 158 g/mol. The Balaban J connectivity index is 4.22. The van der Waals surface area contributed by atoms with Crippen molar-refractivity contribution in [1.29, 1.82) is 10.7 Å². The topological polar surface area (TPSA) is 47.6 Å². The predicted octanol–water partition coefficient (Wildman–Crippen LogP) is 1.42. The molecule has 0 aromatic rings. The highest BCUT2D eigenvalue weighted by Crippen LogP contribution is 2.03. The van der Waals surface area contributed by atoms with Crippen molar-refractivity contribution in [2.75, 3.05) is 0 Å². The molecule has 0 amide bonds. The van der Waals surface area contributed by atoms with Crippen LogP contribution in [0.3, 0.4) is 0 Å². The molecule has 0 bridgehead atoms. The maximum atomic E-state index is 8.34. The fraction of sp³-hybridized carbons (Fsp3) is 0.400. The van der Waals surface area contributed by atoms with Crippen molar-refractivity contribution < 1.29 is 0 Å². The molecule has 1 atom stereocenters. The molecule has 1 unspecified atom stereocenters. The number of thiol groups is 1. The van der Waals surface area contributed by atoms with Gasteiger partial charge in [0.15, 0.2) is 0 Å². The van der Waals surface area contributed by atoms with E-state index in [1.54, 1.807) is 0 Å². The molecule has 1 N–H and O–H groups in total. The number of nitrogens with zero attached hydrogens (tertiary/aromatic N) is 1. The molecular formula is C5H6N2S2. The van der Waals surface area contributed by atoms with Crippen LogP contribution in [0.5, 0.6) is 0 Å². The van der Waals surface area contributed by atoms with Gasteiger partial charge >= 0.3 is 0 Å². The molecule has 2 nitrogen and oxygen atoms in total. The first kappa shape index (κ1) is 8.60. The number of nitrogens with one attached hydrogen (secondary N) is 1. The van der Waals surface area contributed by atoms with Gasteiger partial charge in [-0.3, -0.25) is 0 Å². The van der Waals surface area contributed by atoms with Crippen LogP contribution in [0.15, 0.2) is 0 Å². The second kappa shape index (κ2) is 3.59. The molecule has 0 saturated heterocycles. The standard InChI is InChI=1S/C5H6N2S2/c1-3(7)4(2-6)5(8)9/h4,7H,1H3,(H,8,9). The molecule has 0 aliphatic rings. The lowest BCUT2D eigenvalue weighted by molar-refractivity contribution is 1.20. The van der Waals surface area contributed by atoms with Crippen molar-refractivity contribution in [1.82, 2.24) is 0 Å². The van der Waals surface area contributed by atoms with Crippen LogP contribution in [0, 0.1) is 22.7 Å². The summed E-state index contributed by atoms with van der Waals surface area (Å²) in [6.45, 7) is 1.54. The summed E-state index contributed by atoms with van der Waals surface area (Å²) in [4.78, 5) is 0. The molecule has 4 heteroatoms. The zero-order valence-electron chi connectivity index (χ0n) is 4.88. The Hall–Kier alpha value is -0.400. The molecule has 0 aliphatic heterocycles. The lowest BCUT2D eigenvalue weighted by Gasteiger charge is -2.00. The number of hydrogen-bond donors (Lipinski definition) is 2. The summed E-state index contributed by atoms with van der Waals surface area (Å²) in [6, 6.07) is 1.86. The summed E-state index contributed by atoms with van der Waals surface area (Å²) in [5, 5.41) is 15.4. The van der Waals surface area contributed by atoms with Gasteiger partial charge in [0.2, 0.25) is 0 Å². The maximum Gasteiger partial charge on any atom is 0.124 e. The summed E-state index contributed by atoms with van der Waals surface area (Å²) in [5.74, 6) is -0.594. The zero-order valence-corrected chi connectivity index (χ0v) is 6.59. The van der Waals surface area contributed by atoms with E-state index in [1.807, 2.05) is 6.07 Å². The van der Waals surface area contributed by atoms with E-state index in [9.17, 15) is 0 Å². The third kappa shape index (κ3) is 2.59. The summed E-state index contributed by atoms with van der Waals surface area (Å²) in [7, 11) is 0. The van der Waals surface area contributed by atoms with Crippen LogP contribution < -0.4 is 0 Å². The maximum absolute atomic E-state index is 8.34. The lowest BCUT2D eigenvalue weighted by Crippen LogP contribution is -2.12. The molecule has 9 heavy (non-hydrogen) atoms. The molecule has 0 spiro atoms. The molecular weight excluding hydrogens is 152 g/mol. The minimum atomic E-state index is -0.594. The van der Waals surface area contributed by atoms with Gasteiger partial charge in [-0.15, -0.1) is 12.6 Å². The van der Waals surface area contributed by atoms with E-state index in [0.717, 1.165) is 0 Å². The van der Waals surface area contributed by atoms with Gasteiger partial charge in [-0.05, 0) is 6.92 Å². The largest absolute Gasteiger partial charge is 0.308 e. The van der Waals surface area contributed by atoms with Gasteiger partial charge in [0.25, 0.3) is 0 Å². The summed E-state index contributed by atoms with van der Waals surface area (Å²) >= 11 is 8.37. The Morgan fingerprint density at radius 1 is 1.89 bits per heavy atom. The van der Waals surface area contributed by atoms with Crippen LogP contribution >= 0.6 is 24.8 Å². The van der Waals surface area contributed by atoms with Crippen molar-refractivity contribution in [3.63, 3.8) is 0 Å². The van der Waals surface area contributed by atoms with Crippen LogP contribution in [-0.4, -0.2) is 9.91 Å². The zero-order chi connectivity index (χ0) is 7.44. The van der Waals surface area contributed by atoms with E-state index in [0.29, 0.717) is 0 Å². The number of hydrogen-bond acceptors (Lipinski definition) is 3. The first-order chi connectivity index (χ1) is 4.09. The Labute approximate surface area is 64.8 Å². The van der Waals surface area contributed by atoms with E-state index < -0.39 is 5.92 Å². The molecule has 0 radical (unpaired) electrons. The van der Waals surface area contributed by atoms with Gasteiger partial charge in [0.1, 0.15) is 5.92 Å². The molecule has 48 valence electrons. The lowest BCUT2D eigenvalue weighted by atomic mass is 10.1. The normalized spacial score (nSPS) is 11.7. The van der Waals surface area contributed by atoms with E-state index in [2.05, 4.69) is 24.8 Å². The fourth-order valence-electron chi connectivity index (χ4n) is 0.337. The smallest absolute Gasteiger partial charge is 0.124 e. The number of rotatable bonds is 2. The average Bonchev–Trinajstić information content (AvgIpc) is 1.64. The Morgan fingerprint density at radius 2 is 2.33 bits per heavy atom. The minimum Gasteiger partial charge on any atom is -0.308 e. The van der Waals surface area contributed by atoms with Crippen molar-refractivity contribution in [2.45, 2.75) is 6.92 Å². The van der Waals surface area contributed by atoms with Crippen LogP contribution in [-0.2, 0) is 0 Å². The Morgan fingerprint density at radius 3 is 2.33 bits per heavy atom. The van der Waals surface area contributed by atoms with Gasteiger partial charge in [-0.1, -0.05) is 12.2 Å². The van der Waals surface area contributed by atoms with Crippen LogP contribution in [0.4, 0.5) is 0 Å². The summed E-state index contributed by atoms with van der Waals surface area (Å²) in [5.41, 5.74) is 0.248. The van der Waals surface area contributed by atoms with Crippen molar-refractivity contribution in [3.8, 4) is 6.07 Å². The average molecular weight is 158 g/mol. The first-order valence-corrected chi connectivity index (χ1v) is 3.12. The second-order valence-corrected chi connectivity index (χ2v) is 2.81. The first-order valence-electron chi connectivity index (χ1n) is 2.27. The third-order valence-electron chi connectivity index (χ3n) is 0.809. The SMILES string of the molecule is CC(=N)C(C#N)C(=S)S. The Bertz CT molecular complexity index is 166. The highest BCUT2D eigenvalue weighted by atomic mass is 32.1. The minimum absolute atomic E-state index is 0.248. The van der Waals surface area contributed by atoms with Gasteiger partial charge in [-0.2, -0.15) is 5.26 Å². The molecule has 0 aromatic carbocycles. The predicted molar refractivity (Wildman–Crippen MR) is 44.1 cm³/mol. The van der Waals surface area contributed by atoms with Crippen LogP contribution in [0.25, 0.3) is 0 Å². The third-order valence-corrected chi connectivity index (χ3v) is 1.30. The van der Waals surface area contributed by atoms with Crippen LogP contribution in [0.2, 0.25) is 0 Å². The highest BCUT2D eigenvalue weighted by Gasteiger charge is 2.11. The summed E-state index contributed by atoms with van der Waals surface area (Å²) in [6.07, 6.45) is 0. The molecule has 0 fully saturated rings. The summed E-state index contributed by atoms with van der Waals surface area (Å²) < 4.78 is 0.269. The van der Waals surface area contributed by atoms with Gasteiger partial charge in [0, 0.05) is 5.71 Å². The number of nitriles is 1. The molecule has 0 aromatic heterocycles. The van der Waals surface area contributed by atoms with Gasteiger partial charge in [-0.25, -0.2) is 0 Å². The fourth-order valence-corrected chi connectivity index (χ4v) is 0.818. The molecule has 0 saturated carbocycles. The quantitative estimate of drug-likeness (QED) is 0.363. The van der Waals surface area contributed by atoms with Crippen LogP contribution in [0.1, 0.15) is 6.92 Å². The highest BCUT2D eigenvalue weighted by molar-refractivity contribution is 8.11. The van der Waals surface area contributed by atoms with E-state index in [-0.39, 0.29) is 9.91 Å². The van der Waals surface area contributed by atoms with Crippen molar-refractivity contribution >= 4 is 34.8 Å². The van der Waals surface area contributed by atoms with Gasteiger partial charge < -0.3 is 5.41 Å². The Kier molecular flexibility index (Phi) is 3.43. The molecule has 0 heterocycles. The van der Waals surface area contributed by atoms with Crippen molar-refractivity contribution in [3.05, 3.63) is 0 Å². The van der Waals surface area contributed by atoms with Crippen molar-refractivity contribution in [2.24, 2.45) is 5.92 Å². The molecule has 0 rings (SSSR count). The van der Waals surface area contributed by atoms with Gasteiger partial charge in [0.05, 0.1) is 10.3 Å². The van der Waals surface area contributed by atoms with E-state index >= 15 is 0 Å². The second-order valence-electron chi connectivity index (χ2n) is 1.58. The molecule has 0 aliphatic carbocycles. The van der Waals surface area contributed by atoms with E-state index in [4.69, 9.17) is 10.7 Å². The van der Waals surface area contributed by atoms with E-state index in [1.165, 1.54) is 6.92 Å².